The highest BCUT2D eigenvalue weighted by atomic mass is 16.6. The number of carbonyl (C=O) groups is 1. The quantitative estimate of drug-likeness (QED) is 0.652. The van der Waals surface area contributed by atoms with Crippen LogP contribution in [0.2, 0.25) is 0 Å². The Morgan fingerprint density at radius 1 is 1.42 bits per heavy atom. The number of nitrogens with one attached hydrogen (secondary N) is 1. The fourth-order valence-corrected chi connectivity index (χ4v) is 1.91. The van der Waals surface area contributed by atoms with Gasteiger partial charge in [-0.3, -0.25) is 10.1 Å². The molecule has 0 aliphatic carbocycles. The van der Waals surface area contributed by atoms with Crippen molar-refractivity contribution in [2.24, 2.45) is 0 Å². The number of amides is 2. The minimum atomic E-state index is -0.442. The molecule has 0 unspecified atom stereocenters. The Morgan fingerprint density at radius 3 is 2.68 bits per heavy atom. The zero-order valence-electron chi connectivity index (χ0n) is 10.6. The molecule has 2 rings (SSSR count). The number of nitrogens with zero attached hydrogens (tertiary/aromatic N) is 2. The summed E-state index contributed by atoms with van der Waals surface area (Å²) in [5.41, 5.74) is 1.12. The highest BCUT2D eigenvalue weighted by Gasteiger charge is 2.17. The molecule has 0 saturated carbocycles. The van der Waals surface area contributed by atoms with Gasteiger partial charge in [-0.1, -0.05) is 0 Å². The van der Waals surface area contributed by atoms with Crippen LogP contribution < -0.4 is 5.32 Å². The Hall–Kier alpha value is -2.15. The van der Waals surface area contributed by atoms with Crippen LogP contribution in [0.15, 0.2) is 18.2 Å². The molecule has 0 aromatic heterocycles. The van der Waals surface area contributed by atoms with E-state index in [4.69, 9.17) is 4.74 Å². The van der Waals surface area contributed by atoms with E-state index < -0.39 is 4.92 Å². The van der Waals surface area contributed by atoms with Crippen molar-refractivity contribution < 1.29 is 14.5 Å². The predicted molar refractivity (Wildman–Crippen MR) is 69.2 cm³/mol. The van der Waals surface area contributed by atoms with Crippen LogP contribution in [-0.2, 0) is 4.74 Å². The highest BCUT2D eigenvalue weighted by Crippen LogP contribution is 2.21. The molecule has 1 fully saturated rings. The smallest absolute Gasteiger partial charge is 0.321 e. The zero-order valence-corrected chi connectivity index (χ0v) is 10.6. The minimum absolute atomic E-state index is 0.0457. The summed E-state index contributed by atoms with van der Waals surface area (Å²) in [5, 5.41) is 13.4. The van der Waals surface area contributed by atoms with Crippen LogP contribution >= 0.6 is 0 Å². The first-order valence-corrected chi connectivity index (χ1v) is 5.96. The average molecular weight is 265 g/mol. The Morgan fingerprint density at radius 2 is 2.11 bits per heavy atom. The fourth-order valence-electron chi connectivity index (χ4n) is 1.91. The predicted octanol–water partition coefficient (Wildman–Crippen LogP) is 1.77. The number of hydrogen-bond donors (Lipinski definition) is 1. The molecule has 19 heavy (non-hydrogen) atoms. The van der Waals surface area contributed by atoms with Crippen LogP contribution in [0.25, 0.3) is 0 Å². The first-order valence-electron chi connectivity index (χ1n) is 5.96. The number of morpholine rings is 1. The molecule has 1 saturated heterocycles. The van der Waals surface area contributed by atoms with E-state index in [0.717, 1.165) is 0 Å². The van der Waals surface area contributed by atoms with Crippen molar-refractivity contribution in [3.63, 3.8) is 0 Å². The molecular formula is C12H15N3O4. The minimum Gasteiger partial charge on any atom is -0.378 e. The topological polar surface area (TPSA) is 84.7 Å². The van der Waals surface area contributed by atoms with Crippen LogP contribution in [0.4, 0.5) is 16.2 Å². The third-order valence-corrected chi connectivity index (χ3v) is 2.94. The maximum atomic E-state index is 11.9. The van der Waals surface area contributed by atoms with E-state index in [1.807, 2.05) is 0 Å². The molecule has 1 aromatic rings. The maximum Gasteiger partial charge on any atom is 0.321 e. The van der Waals surface area contributed by atoms with Crippen molar-refractivity contribution in [3.05, 3.63) is 33.9 Å². The molecule has 2 amide bonds. The van der Waals surface area contributed by atoms with Gasteiger partial charge in [0.15, 0.2) is 0 Å². The number of urea groups is 1. The molecule has 0 bridgehead atoms. The van der Waals surface area contributed by atoms with Crippen molar-refractivity contribution in [3.8, 4) is 0 Å². The van der Waals surface area contributed by atoms with Crippen LogP contribution in [0.5, 0.6) is 0 Å². The second-order valence-corrected chi connectivity index (χ2v) is 4.29. The van der Waals surface area contributed by atoms with Gasteiger partial charge in [0.05, 0.1) is 18.1 Å². The summed E-state index contributed by atoms with van der Waals surface area (Å²) in [6.07, 6.45) is 0. The monoisotopic (exact) mass is 265 g/mol. The molecule has 7 nitrogen and oxygen atoms in total. The second-order valence-electron chi connectivity index (χ2n) is 4.29. The average Bonchev–Trinajstić information content (AvgIpc) is 2.39. The van der Waals surface area contributed by atoms with E-state index in [0.29, 0.717) is 37.6 Å². The van der Waals surface area contributed by atoms with E-state index in [9.17, 15) is 14.9 Å². The van der Waals surface area contributed by atoms with Gasteiger partial charge >= 0.3 is 6.03 Å². The molecule has 0 radical (unpaired) electrons. The number of hydrogen-bond acceptors (Lipinski definition) is 4. The molecule has 0 atom stereocenters. The van der Waals surface area contributed by atoms with Gasteiger partial charge in [0.1, 0.15) is 0 Å². The molecule has 1 N–H and O–H groups in total. The van der Waals surface area contributed by atoms with Gasteiger partial charge in [-0.25, -0.2) is 4.79 Å². The number of benzene rings is 1. The number of ether oxygens (including phenoxy) is 1. The summed E-state index contributed by atoms with van der Waals surface area (Å²) in [5.74, 6) is 0. The Labute approximate surface area is 110 Å². The van der Waals surface area contributed by atoms with Gasteiger partial charge in [0.2, 0.25) is 0 Å². The second kappa shape index (κ2) is 5.66. The number of nitro benzene ring substituents is 1. The third kappa shape index (κ3) is 3.19. The first kappa shape index (κ1) is 13.3. The molecule has 0 spiro atoms. The Balaban J connectivity index is 2.04. The largest absolute Gasteiger partial charge is 0.378 e. The van der Waals surface area contributed by atoms with Crippen LogP contribution in [0.3, 0.4) is 0 Å². The number of nitro groups is 1. The standard InChI is InChI=1S/C12H15N3O4/c1-9-8-10(2-3-11(9)15(17)18)13-12(16)14-4-6-19-7-5-14/h2-3,8H,4-7H2,1H3,(H,13,16). The van der Waals surface area contributed by atoms with E-state index in [1.165, 1.54) is 12.1 Å². The Kier molecular flexibility index (Phi) is 3.96. The van der Waals surface area contributed by atoms with Crippen molar-refractivity contribution in [2.45, 2.75) is 6.92 Å². The number of anilines is 1. The lowest BCUT2D eigenvalue weighted by atomic mass is 10.2. The van der Waals surface area contributed by atoms with Gasteiger partial charge in [-0.15, -0.1) is 0 Å². The number of rotatable bonds is 2. The van der Waals surface area contributed by atoms with E-state index in [1.54, 1.807) is 17.9 Å². The van der Waals surface area contributed by atoms with E-state index in [-0.39, 0.29) is 11.7 Å². The van der Waals surface area contributed by atoms with Gasteiger partial charge in [0.25, 0.3) is 5.69 Å². The van der Waals surface area contributed by atoms with Crippen molar-refractivity contribution in [1.29, 1.82) is 0 Å². The molecular weight excluding hydrogens is 250 g/mol. The van der Waals surface area contributed by atoms with Crippen molar-refractivity contribution in [2.75, 3.05) is 31.6 Å². The lowest BCUT2D eigenvalue weighted by molar-refractivity contribution is -0.385. The molecule has 1 aliphatic rings. The molecule has 1 aliphatic heterocycles. The third-order valence-electron chi connectivity index (χ3n) is 2.94. The molecule has 1 heterocycles. The molecule has 102 valence electrons. The summed E-state index contributed by atoms with van der Waals surface area (Å²) in [7, 11) is 0. The lowest BCUT2D eigenvalue weighted by Gasteiger charge is -2.26. The van der Waals surface area contributed by atoms with Gasteiger partial charge in [0, 0.05) is 30.4 Å². The lowest BCUT2D eigenvalue weighted by Crippen LogP contribution is -2.43. The SMILES string of the molecule is Cc1cc(NC(=O)N2CCOCC2)ccc1[N+](=O)[O-]. The number of aryl methyl sites for hydroxylation is 1. The van der Waals surface area contributed by atoms with Gasteiger partial charge < -0.3 is 15.0 Å². The van der Waals surface area contributed by atoms with E-state index in [2.05, 4.69) is 5.32 Å². The van der Waals surface area contributed by atoms with Crippen LogP contribution in [-0.4, -0.2) is 42.2 Å². The van der Waals surface area contributed by atoms with Gasteiger partial charge in [-0.05, 0) is 19.1 Å². The summed E-state index contributed by atoms with van der Waals surface area (Å²) in [6, 6.07) is 4.31. The fraction of sp³-hybridized carbons (Fsp3) is 0.417. The maximum absolute atomic E-state index is 11.9. The number of carbonyl (C=O) groups excluding carboxylic acids is 1. The molecule has 7 heteroatoms. The Bertz CT molecular complexity index is 498. The van der Waals surface area contributed by atoms with E-state index >= 15 is 0 Å². The summed E-state index contributed by atoms with van der Waals surface area (Å²) >= 11 is 0. The van der Waals surface area contributed by atoms with Crippen LogP contribution in [0, 0.1) is 17.0 Å². The summed E-state index contributed by atoms with van der Waals surface area (Å²) < 4.78 is 5.16. The van der Waals surface area contributed by atoms with Crippen LogP contribution in [0.1, 0.15) is 5.56 Å². The van der Waals surface area contributed by atoms with Crippen molar-refractivity contribution >= 4 is 17.4 Å². The normalized spacial score (nSPS) is 15.1. The molecule has 1 aromatic carbocycles. The first-order chi connectivity index (χ1) is 9.08. The summed E-state index contributed by atoms with van der Waals surface area (Å²) in [6.45, 7) is 3.82. The van der Waals surface area contributed by atoms with Crippen molar-refractivity contribution in [1.82, 2.24) is 4.90 Å². The highest BCUT2D eigenvalue weighted by molar-refractivity contribution is 5.89. The summed E-state index contributed by atoms with van der Waals surface area (Å²) in [4.78, 5) is 23.8. The zero-order chi connectivity index (χ0) is 13.8. The van der Waals surface area contributed by atoms with Gasteiger partial charge in [-0.2, -0.15) is 0 Å².